The predicted molar refractivity (Wildman–Crippen MR) is 75.7 cm³/mol. The number of halogens is 2. The lowest BCUT2D eigenvalue weighted by atomic mass is 9.88. The van der Waals surface area contributed by atoms with Gasteiger partial charge in [0, 0.05) is 5.56 Å². The number of benzene rings is 1. The molecule has 0 spiro atoms. The van der Waals surface area contributed by atoms with Crippen molar-refractivity contribution in [3.8, 4) is 0 Å². The molecule has 0 fully saturated rings. The zero-order valence-electron chi connectivity index (χ0n) is 11.9. The van der Waals surface area contributed by atoms with Gasteiger partial charge in [-0.2, -0.15) is 0 Å². The van der Waals surface area contributed by atoms with Crippen molar-refractivity contribution < 1.29 is 17.8 Å². The molecule has 6 heteroatoms. The van der Waals surface area contributed by atoms with Gasteiger partial charge in [-0.3, -0.25) is 0 Å². The first-order valence-electron chi connectivity index (χ1n) is 6.17. The van der Waals surface area contributed by atoms with Crippen LogP contribution in [0.15, 0.2) is 24.3 Å². The van der Waals surface area contributed by atoms with Crippen molar-refractivity contribution in [1.29, 1.82) is 0 Å². The van der Waals surface area contributed by atoms with E-state index in [2.05, 4.69) is 4.72 Å². The van der Waals surface area contributed by atoms with E-state index in [0.717, 1.165) is 0 Å². The summed E-state index contributed by atoms with van der Waals surface area (Å²) in [6.45, 7) is 6.43. The van der Waals surface area contributed by atoms with E-state index < -0.39 is 33.3 Å². The summed E-state index contributed by atoms with van der Waals surface area (Å²) in [4.78, 5) is 10.8. The summed E-state index contributed by atoms with van der Waals surface area (Å²) in [5.74, 6) is -0.655. The zero-order valence-corrected chi connectivity index (χ0v) is 12.8. The minimum atomic E-state index is -2.02. The Morgan fingerprint density at radius 1 is 1.25 bits per heavy atom. The first kappa shape index (κ1) is 16.9. The van der Waals surface area contributed by atoms with Crippen molar-refractivity contribution in [3.63, 3.8) is 0 Å². The zero-order chi connectivity index (χ0) is 15.6. The molecule has 20 heavy (non-hydrogen) atoms. The van der Waals surface area contributed by atoms with E-state index in [9.17, 15) is 17.8 Å². The highest BCUT2D eigenvalue weighted by atomic mass is 32.2. The Kier molecular flexibility index (Phi) is 5.15. The molecule has 0 aliphatic carbocycles. The molecule has 1 aromatic rings. The summed E-state index contributed by atoms with van der Waals surface area (Å²) < 4.78 is 42.0. The molecule has 1 rings (SSSR count). The van der Waals surface area contributed by atoms with Crippen LogP contribution in [0.4, 0.5) is 8.78 Å². The standard InChI is InChI=1S/C14H19F2NO2S/c1-13(2,3)20(19)17-14(4,12(16)9-18)10-7-5-6-8-11(10)15/h5-9,12,17H,1-4H3/t12-,14+,20?/m0/s1. The molecular weight excluding hydrogens is 284 g/mol. The number of carbonyl (C=O) groups excluding carboxylic acids is 1. The van der Waals surface area contributed by atoms with E-state index in [1.54, 1.807) is 20.8 Å². The third-order valence-corrected chi connectivity index (χ3v) is 4.69. The Bertz CT molecular complexity index is 516. The van der Waals surface area contributed by atoms with Crippen LogP contribution in [0.1, 0.15) is 33.3 Å². The van der Waals surface area contributed by atoms with E-state index in [1.807, 2.05) is 0 Å². The van der Waals surface area contributed by atoms with Crippen molar-refractivity contribution in [1.82, 2.24) is 4.72 Å². The first-order valence-corrected chi connectivity index (χ1v) is 7.32. The SMILES string of the molecule is CC(C)(C)S(=O)N[C@](C)(c1ccccc1F)[C@@H](F)C=O. The number of aldehydes is 1. The van der Waals surface area contributed by atoms with Crippen molar-refractivity contribution >= 4 is 17.3 Å². The quantitative estimate of drug-likeness (QED) is 0.850. The molecule has 0 saturated heterocycles. The molecule has 3 atom stereocenters. The minimum absolute atomic E-state index is 0.0304. The Balaban J connectivity index is 3.28. The van der Waals surface area contributed by atoms with Gasteiger partial charge in [0.05, 0.1) is 21.3 Å². The number of hydrogen-bond donors (Lipinski definition) is 1. The van der Waals surface area contributed by atoms with E-state index in [1.165, 1.54) is 31.2 Å². The monoisotopic (exact) mass is 303 g/mol. The number of hydrogen-bond acceptors (Lipinski definition) is 2. The lowest BCUT2D eigenvalue weighted by molar-refractivity contribution is -0.114. The molecule has 0 aliphatic rings. The van der Waals surface area contributed by atoms with E-state index >= 15 is 0 Å². The number of carbonyl (C=O) groups is 1. The van der Waals surface area contributed by atoms with Gasteiger partial charge in [-0.15, -0.1) is 0 Å². The third kappa shape index (κ3) is 3.49. The second-order valence-electron chi connectivity index (χ2n) is 5.70. The van der Waals surface area contributed by atoms with Gasteiger partial charge in [0.2, 0.25) is 0 Å². The highest BCUT2D eigenvalue weighted by molar-refractivity contribution is 7.84. The summed E-state index contributed by atoms with van der Waals surface area (Å²) in [7, 11) is -1.65. The van der Waals surface area contributed by atoms with Crippen molar-refractivity contribution in [3.05, 3.63) is 35.6 Å². The Hall–Kier alpha value is -1.14. The normalized spacial score (nSPS) is 18.1. The molecule has 0 radical (unpaired) electrons. The molecule has 0 aromatic heterocycles. The van der Waals surface area contributed by atoms with Gasteiger partial charge in [0.1, 0.15) is 5.82 Å². The average Bonchev–Trinajstić information content (AvgIpc) is 2.36. The largest absolute Gasteiger partial charge is 0.300 e. The second kappa shape index (κ2) is 6.10. The topological polar surface area (TPSA) is 46.2 Å². The third-order valence-electron chi connectivity index (χ3n) is 2.97. The summed E-state index contributed by atoms with van der Waals surface area (Å²) in [6.07, 6.45) is -1.94. The van der Waals surface area contributed by atoms with Crippen LogP contribution in [0.25, 0.3) is 0 Å². The predicted octanol–water partition coefficient (Wildman–Crippen LogP) is 2.63. The maximum atomic E-state index is 14.1. The molecule has 3 nitrogen and oxygen atoms in total. The molecule has 1 unspecified atom stereocenters. The highest BCUT2D eigenvalue weighted by Gasteiger charge is 2.41. The van der Waals surface area contributed by atoms with Crippen molar-refractivity contribution in [2.24, 2.45) is 0 Å². The molecule has 1 N–H and O–H groups in total. The van der Waals surface area contributed by atoms with Crippen LogP contribution in [-0.2, 0) is 21.3 Å². The molecular formula is C14H19F2NO2S. The number of rotatable bonds is 5. The van der Waals surface area contributed by atoms with Gasteiger partial charge in [0.25, 0.3) is 0 Å². The summed E-state index contributed by atoms with van der Waals surface area (Å²) in [5.41, 5.74) is -1.72. The maximum Gasteiger partial charge on any atom is 0.178 e. The Labute approximate surface area is 120 Å². The van der Waals surface area contributed by atoms with Crippen LogP contribution in [0, 0.1) is 5.82 Å². The van der Waals surface area contributed by atoms with Gasteiger partial charge >= 0.3 is 0 Å². The maximum absolute atomic E-state index is 14.1. The summed E-state index contributed by atoms with van der Waals surface area (Å²) in [6, 6.07) is 5.55. The lowest BCUT2D eigenvalue weighted by Gasteiger charge is -2.34. The lowest BCUT2D eigenvalue weighted by Crippen LogP contribution is -2.52. The van der Waals surface area contributed by atoms with Crippen molar-refractivity contribution in [2.75, 3.05) is 0 Å². The molecule has 0 amide bonds. The molecule has 0 heterocycles. The highest BCUT2D eigenvalue weighted by Crippen LogP contribution is 2.30. The van der Waals surface area contributed by atoms with E-state index in [-0.39, 0.29) is 11.8 Å². The van der Waals surface area contributed by atoms with Crippen molar-refractivity contribution in [2.45, 2.75) is 44.2 Å². The Morgan fingerprint density at radius 2 is 1.80 bits per heavy atom. The van der Waals surface area contributed by atoms with Crippen LogP contribution in [0.2, 0.25) is 0 Å². The van der Waals surface area contributed by atoms with Gasteiger partial charge in [-0.25, -0.2) is 17.7 Å². The number of nitrogens with one attached hydrogen (secondary N) is 1. The van der Waals surface area contributed by atoms with Crippen LogP contribution in [-0.4, -0.2) is 21.4 Å². The van der Waals surface area contributed by atoms with Gasteiger partial charge in [-0.1, -0.05) is 18.2 Å². The van der Waals surface area contributed by atoms with Crippen LogP contribution < -0.4 is 4.72 Å². The molecule has 112 valence electrons. The minimum Gasteiger partial charge on any atom is -0.300 e. The van der Waals surface area contributed by atoms with Gasteiger partial charge in [0.15, 0.2) is 12.5 Å². The summed E-state index contributed by atoms with van der Waals surface area (Å²) >= 11 is 0. The van der Waals surface area contributed by atoms with Crippen LogP contribution >= 0.6 is 0 Å². The smallest absolute Gasteiger partial charge is 0.178 e. The number of alkyl halides is 1. The van der Waals surface area contributed by atoms with Crippen LogP contribution in [0.5, 0.6) is 0 Å². The molecule has 0 bridgehead atoms. The first-order chi connectivity index (χ1) is 9.13. The molecule has 0 aliphatic heterocycles. The Morgan fingerprint density at radius 3 is 2.25 bits per heavy atom. The van der Waals surface area contributed by atoms with Gasteiger partial charge in [-0.05, 0) is 33.8 Å². The van der Waals surface area contributed by atoms with Crippen LogP contribution in [0.3, 0.4) is 0 Å². The summed E-state index contributed by atoms with van der Waals surface area (Å²) in [5, 5.41) is 0. The van der Waals surface area contributed by atoms with E-state index in [4.69, 9.17) is 0 Å². The fourth-order valence-corrected chi connectivity index (χ4v) is 2.54. The van der Waals surface area contributed by atoms with E-state index in [0.29, 0.717) is 0 Å². The fraction of sp³-hybridized carbons (Fsp3) is 0.500. The average molecular weight is 303 g/mol. The molecule has 0 saturated carbocycles. The fourth-order valence-electron chi connectivity index (χ4n) is 1.62. The second-order valence-corrected chi connectivity index (χ2v) is 7.67. The van der Waals surface area contributed by atoms with Gasteiger partial charge < -0.3 is 4.79 Å². The molecule has 1 aromatic carbocycles.